The van der Waals surface area contributed by atoms with Crippen LogP contribution in [0.25, 0.3) is 11.0 Å². The first-order valence-electron chi connectivity index (χ1n) is 9.86. The lowest BCUT2D eigenvalue weighted by Crippen LogP contribution is -2.32. The number of hydrogen-bond donors (Lipinski definition) is 0. The minimum Gasteiger partial charge on any atom is -0.328 e. The van der Waals surface area contributed by atoms with E-state index in [9.17, 15) is 13.2 Å². The summed E-state index contributed by atoms with van der Waals surface area (Å²) in [4.78, 5) is 23.7. The first-order valence-corrected chi connectivity index (χ1v) is 12.3. The smallest absolute Gasteiger partial charge is 0.238 e. The van der Waals surface area contributed by atoms with Crippen LogP contribution in [-0.2, 0) is 33.1 Å². The highest BCUT2D eigenvalue weighted by atomic mass is 35.5. The summed E-state index contributed by atoms with van der Waals surface area (Å²) in [5, 5.41) is 1.40. The van der Waals surface area contributed by atoms with E-state index in [-0.39, 0.29) is 17.1 Å². The van der Waals surface area contributed by atoms with Gasteiger partial charge in [-0.3, -0.25) is 9.78 Å². The van der Waals surface area contributed by atoms with Crippen molar-refractivity contribution in [2.75, 3.05) is 16.9 Å². The molecule has 1 saturated carbocycles. The SMILES string of the molecule is CS(=O)(=O)CCCn1c(CN2C(=O)C3(CC3)c3ccncc32)cc2cc(Cl)cnc21. The molecule has 2 aliphatic rings. The van der Waals surface area contributed by atoms with E-state index in [0.717, 1.165) is 40.8 Å². The number of sulfone groups is 1. The zero-order chi connectivity index (χ0) is 21.1. The molecule has 30 heavy (non-hydrogen) atoms. The summed E-state index contributed by atoms with van der Waals surface area (Å²) in [5.74, 6) is 0.211. The number of aryl methyl sites for hydroxylation is 1. The number of fused-ring (bicyclic) bond motifs is 3. The number of amides is 1. The maximum atomic E-state index is 13.2. The summed E-state index contributed by atoms with van der Waals surface area (Å²) >= 11 is 6.13. The lowest BCUT2D eigenvalue weighted by Gasteiger charge is -2.19. The van der Waals surface area contributed by atoms with Crippen LogP contribution >= 0.6 is 11.6 Å². The van der Waals surface area contributed by atoms with Crippen LogP contribution in [0.4, 0.5) is 5.69 Å². The highest BCUT2D eigenvalue weighted by Crippen LogP contribution is 2.57. The number of nitrogens with zero attached hydrogens (tertiary/aromatic N) is 4. The van der Waals surface area contributed by atoms with Crippen LogP contribution in [0.1, 0.15) is 30.5 Å². The number of carbonyl (C=O) groups is 1. The maximum absolute atomic E-state index is 13.2. The van der Waals surface area contributed by atoms with E-state index in [0.29, 0.717) is 24.5 Å². The fraction of sp³-hybridized carbons (Fsp3) is 0.381. The molecule has 1 spiro atoms. The largest absolute Gasteiger partial charge is 0.328 e. The van der Waals surface area contributed by atoms with Crippen molar-refractivity contribution in [1.82, 2.24) is 14.5 Å². The van der Waals surface area contributed by atoms with Crippen molar-refractivity contribution < 1.29 is 13.2 Å². The molecule has 0 aromatic carbocycles. The number of aromatic nitrogens is 3. The van der Waals surface area contributed by atoms with Gasteiger partial charge in [0.25, 0.3) is 0 Å². The average Bonchev–Trinajstić information content (AvgIpc) is 3.38. The zero-order valence-electron chi connectivity index (χ0n) is 16.5. The highest BCUT2D eigenvalue weighted by Gasteiger charge is 2.59. The number of hydrogen-bond acceptors (Lipinski definition) is 5. The Bertz CT molecular complexity index is 1280. The van der Waals surface area contributed by atoms with Crippen LogP contribution in [-0.4, -0.2) is 40.9 Å². The van der Waals surface area contributed by atoms with Gasteiger partial charge in [0.1, 0.15) is 15.5 Å². The maximum Gasteiger partial charge on any atom is 0.238 e. The summed E-state index contributed by atoms with van der Waals surface area (Å²) in [6.45, 7) is 0.875. The molecule has 0 atom stereocenters. The summed E-state index contributed by atoms with van der Waals surface area (Å²) < 4.78 is 25.2. The summed E-state index contributed by atoms with van der Waals surface area (Å²) in [6.07, 6.45) is 8.52. The Morgan fingerprint density at radius 1 is 1.23 bits per heavy atom. The van der Waals surface area contributed by atoms with Crippen molar-refractivity contribution in [3.63, 3.8) is 0 Å². The Labute approximate surface area is 179 Å². The second kappa shape index (κ2) is 6.78. The van der Waals surface area contributed by atoms with Gasteiger partial charge in [0.15, 0.2) is 0 Å². The van der Waals surface area contributed by atoms with Crippen LogP contribution in [0.3, 0.4) is 0 Å². The lowest BCUT2D eigenvalue weighted by atomic mass is 9.99. The number of rotatable bonds is 6. The number of anilines is 1. The van der Waals surface area contributed by atoms with Gasteiger partial charge in [-0.1, -0.05) is 11.6 Å². The minimum atomic E-state index is -3.06. The molecule has 0 N–H and O–H groups in total. The van der Waals surface area contributed by atoms with Gasteiger partial charge in [-0.15, -0.1) is 0 Å². The third kappa shape index (κ3) is 3.18. The molecule has 3 aromatic rings. The van der Waals surface area contributed by atoms with Gasteiger partial charge in [-0.2, -0.15) is 0 Å². The van der Waals surface area contributed by atoms with Crippen molar-refractivity contribution in [3.8, 4) is 0 Å². The van der Waals surface area contributed by atoms with Crippen LogP contribution < -0.4 is 4.90 Å². The highest BCUT2D eigenvalue weighted by molar-refractivity contribution is 7.90. The van der Waals surface area contributed by atoms with Crippen molar-refractivity contribution in [3.05, 3.63) is 53.1 Å². The van der Waals surface area contributed by atoms with E-state index >= 15 is 0 Å². The van der Waals surface area contributed by atoms with Gasteiger partial charge in [0, 0.05) is 36.3 Å². The van der Waals surface area contributed by atoms with Gasteiger partial charge in [-0.05, 0) is 43.0 Å². The molecule has 4 heterocycles. The van der Waals surface area contributed by atoms with Crippen LogP contribution in [0.5, 0.6) is 0 Å². The van der Waals surface area contributed by atoms with E-state index < -0.39 is 9.84 Å². The molecule has 0 radical (unpaired) electrons. The van der Waals surface area contributed by atoms with E-state index in [1.54, 1.807) is 23.5 Å². The summed E-state index contributed by atoms with van der Waals surface area (Å²) in [6, 6.07) is 5.77. The fourth-order valence-corrected chi connectivity index (χ4v) is 5.27. The van der Waals surface area contributed by atoms with E-state index in [1.807, 2.05) is 22.8 Å². The standard InChI is InChI=1S/C21H21ClN4O3S/c1-30(28,29)8-2-7-25-16(10-14-9-15(22)11-24-19(14)25)13-26-18-12-23-6-3-17(18)21(4-5-21)20(26)27/h3,6,9-12H,2,4-5,7-8,13H2,1H3. The van der Waals surface area contributed by atoms with Crippen molar-refractivity contribution in [1.29, 1.82) is 0 Å². The molecule has 1 aliphatic carbocycles. The Morgan fingerprint density at radius 2 is 2.03 bits per heavy atom. The molecular weight excluding hydrogens is 424 g/mol. The molecule has 0 unspecified atom stereocenters. The summed E-state index contributed by atoms with van der Waals surface area (Å²) in [5.41, 5.74) is 3.17. The lowest BCUT2D eigenvalue weighted by molar-refractivity contribution is -0.120. The monoisotopic (exact) mass is 444 g/mol. The fourth-order valence-electron chi connectivity index (χ4n) is 4.45. The van der Waals surface area contributed by atoms with Gasteiger partial charge < -0.3 is 9.47 Å². The first kappa shape index (κ1) is 19.5. The van der Waals surface area contributed by atoms with E-state index in [2.05, 4.69) is 9.97 Å². The second-order valence-corrected chi connectivity index (χ2v) is 10.9. The number of carbonyl (C=O) groups excluding carboxylic acids is 1. The van der Waals surface area contributed by atoms with Crippen LogP contribution in [0.2, 0.25) is 5.02 Å². The quantitative estimate of drug-likeness (QED) is 0.583. The molecule has 7 nitrogen and oxygen atoms in total. The van der Waals surface area contributed by atoms with Crippen LogP contribution in [0, 0.1) is 0 Å². The minimum absolute atomic E-state index is 0.0954. The Hall–Kier alpha value is -2.45. The summed E-state index contributed by atoms with van der Waals surface area (Å²) in [7, 11) is -3.06. The Kier molecular flexibility index (Phi) is 4.41. The molecule has 5 rings (SSSR count). The molecule has 3 aromatic heterocycles. The first-order chi connectivity index (χ1) is 14.3. The third-order valence-electron chi connectivity index (χ3n) is 6.01. The van der Waals surface area contributed by atoms with E-state index in [4.69, 9.17) is 11.6 Å². The Balaban J connectivity index is 1.52. The average molecular weight is 445 g/mol. The molecule has 156 valence electrons. The number of pyridine rings is 2. The molecular formula is C21H21ClN4O3S. The molecule has 0 bridgehead atoms. The molecule has 9 heteroatoms. The molecule has 0 saturated heterocycles. The van der Waals surface area contributed by atoms with E-state index in [1.165, 1.54) is 6.26 Å². The third-order valence-corrected chi connectivity index (χ3v) is 7.25. The van der Waals surface area contributed by atoms with Gasteiger partial charge in [0.05, 0.1) is 34.6 Å². The Morgan fingerprint density at radius 3 is 2.77 bits per heavy atom. The number of halogens is 1. The van der Waals surface area contributed by atoms with Crippen LogP contribution in [0.15, 0.2) is 36.8 Å². The zero-order valence-corrected chi connectivity index (χ0v) is 18.1. The predicted molar refractivity (Wildman–Crippen MR) is 115 cm³/mol. The topological polar surface area (TPSA) is 85.2 Å². The van der Waals surface area contributed by atoms with Crippen molar-refractivity contribution in [2.24, 2.45) is 0 Å². The van der Waals surface area contributed by atoms with Crippen molar-refractivity contribution >= 4 is 44.1 Å². The van der Waals surface area contributed by atoms with Crippen molar-refractivity contribution in [2.45, 2.75) is 37.8 Å². The molecule has 1 aliphatic heterocycles. The predicted octanol–water partition coefficient (Wildman–Crippen LogP) is 3.10. The molecule has 1 amide bonds. The second-order valence-electron chi connectivity index (χ2n) is 8.20. The normalized spacial score (nSPS) is 17.1. The molecule has 1 fully saturated rings. The van der Waals surface area contributed by atoms with Gasteiger partial charge >= 0.3 is 0 Å². The van der Waals surface area contributed by atoms with Gasteiger partial charge in [-0.25, -0.2) is 13.4 Å². The van der Waals surface area contributed by atoms with Gasteiger partial charge in [0.2, 0.25) is 5.91 Å².